The number of nitrogen functional groups attached to an aromatic ring is 1. The number of halogens is 2. The van der Waals surface area contributed by atoms with Gasteiger partial charge in [0.25, 0.3) is 0 Å². The van der Waals surface area contributed by atoms with Gasteiger partial charge < -0.3 is 5.73 Å². The molecule has 0 aliphatic carbocycles. The van der Waals surface area contributed by atoms with Gasteiger partial charge in [-0.15, -0.1) is 0 Å². The number of anilines is 1. The zero-order chi connectivity index (χ0) is 14.0. The summed E-state index contributed by atoms with van der Waals surface area (Å²) in [5, 5.41) is 0. The Morgan fingerprint density at radius 2 is 1.79 bits per heavy atom. The molecule has 6 heteroatoms. The highest BCUT2D eigenvalue weighted by Crippen LogP contribution is 2.20. The summed E-state index contributed by atoms with van der Waals surface area (Å²) >= 11 is 0. The van der Waals surface area contributed by atoms with Gasteiger partial charge in [0.2, 0.25) is 0 Å². The van der Waals surface area contributed by atoms with Crippen molar-refractivity contribution in [2.24, 2.45) is 0 Å². The number of rotatable bonds is 3. The first kappa shape index (κ1) is 13.5. The third-order valence-corrected chi connectivity index (χ3v) is 4.23. The van der Waals surface area contributed by atoms with E-state index in [1.807, 2.05) is 0 Å². The van der Waals surface area contributed by atoms with E-state index in [0.29, 0.717) is 5.69 Å². The molecule has 0 amide bonds. The molecule has 19 heavy (non-hydrogen) atoms. The summed E-state index contributed by atoms with van der Waals surface area (Å²) < 4.78 is 50.6. The van der Waals surface area contributed by atoms with Crippen LogP contribution in [0.25, 0.3) is 0 Å². The van der Waals surface area contributed by atoms with Crippen molar-refractivity contribution in [2.45, 2.75) is 10.6 Å². The largest absolute Gasteiger partial charge is 0.399 e. The van der Waals surface area contributed by atoms with Gasteiger partial charge in [-0.2, -0.15) is 0 Å². The maximum absolute atomic E-state index is 13.4. The zero-order valence-electron chi connectivity index (χ0n) is 9.81. The summed E-state index contributed by atoms with van der Waals surface area (Å²) in [5.74, 6) is -2.05. The maximum Gasteiger partial charge on any atom is 0.182 e. The molecule has 3 nitrogen and oxygen atoms in total. The van der Waals surface area contributed by atoms with Gasteiger partial charge in [0.15, 0.2) is 9.84 Å². The van der Waals surface area contributed by atoms with Crippen LogP contribution < -0.4 is 5.73 Å². The van der Waals surface area contributed by atoms with E-state index < -0.39 is 27.2 Å². The van der Waals surface area contributed by atoms with Crippen molar-refractivity contribution in [3.63, 3.8) is 0 Å². The third-order valence-electron chi connectivity index (χ3n) is 2.57. The Hall–Kier alpha value is -1.95. The summed E-state index contributed by atoms with van der Waals surface area (Å²) in [5.41, 5.74) is 5.59. The highest BCUT2D eigenvalue weighted by molar-refractivity contribution is 7.90. The molecule has 0 spiro atoms. The number of nitrogens with two attached hydrogens (primary N) is 1. The standard InChI is InChI=1S/C13H11F2NO2S/c14-10-4-5-13(15)9(6-10)8-19(17,18)12-3-1-2-11(16)7-12/h1-7H,8,16H2. The molecule has 0 radical (unpaired) electrons. The first-order chi connectivity index (χ1) is 8.88. The first-order valence-electron chi connectivity index (χ1n) is 5.41. The highest BCUT2D eigenvalue weighted by Gasteiger charge is 2.18. The maximum atomic E-state index is 13.4. The van der Waals surface area contributed by atoms with Crippen LogP contribution in [0.2, 0.25) is 0 Å². The van der Waals surface area contributed by atoms with Crippen LogP contribution >= 0.6 is 0 Å². The normalized spacial score (nSPS) is 11.5. The zero-order valence-corrected chi connectivity index (χ0v) is 10.6. The predicted octanol–water partition coefficient (Wildman–Crippen LogP) is 2.52. The Labute approximate surface area is 109 Å². The van der Waals surface area contributed by atoms with E-state index in [0.717, 1.165) is 18.2 Å². The number of hydrogen-bond donors (Lipinski definition) is 1. The molecule has 0 aliphatic heterocycles. The quantitative estimate of drug-likeness (QED) is 0.880. The second kappa shape index (κ2) is 4.97. The van der Waals surface area contributed by atoms with E-state index in [2.05, 4.69) is 0 Å². The lowest BCUT2D eigenvalue weighted by Crippen LogP contribution is -2.07. The smallest absolute Gasteiger partial charge is 0.182 e. The van der Waals surface area contributed by atoms with Crippen molar-refractivity contribution in [1.82, 2.24) is 0 Å². The summed E-state index contributed by atoms with van der Waals surface area (Å²) in [6, 6.07) is 8.39. The molecule has 0 unspecified atom stereocenters. The summed E-state index contributed by atoms with van der Waals surface area (Å²) in [6.07, 6.45) is 0. The van der Waals surface area contributed by atoms with Crippen molar-refractivity contribution in [1.29, 1.82) is 0 Å². The van der Waals surface area contributed by atoms with Crippen LogP contribution in [0.4, 0.5) is 14.5 Å². The number of hydrogen-bond acceptors (Lipinski definition) is 3. The van der Waals surface area contributed by atoms with Gasteiger partial charge in [-0.05, 0) is 36.4 Å². The molecular formula is C13H11F2NO2S. The first-order valence-corrected chi connectivity index (χ1v) is 7.06. The van der Waals surface area contributed by atoms with Crippen LogP contribution in [0.3, 0.4) is 0 Å². The second-order valence-electron chi connectivity index (χ2n) is 4.07. The Bertz CT molecular complexity index is 714. The van der Waals surface area contributed by atoms with E-state index in [4.69, 9.17) is 5.73 Å². The van der Waals surface area contributed by atoms with E-state index in [1.54, 1.807) is 6.07 Å². The Morgan fingerprint density at radius 3 is 2.47 bits per heavy atom. The fraction of sp³-hybridized carbons (Fsp3) is 0.0769. The average molecular weight is 283 g/mol. The van der Waals surface area contributed by atoms with E-state index >= 15 is 0 Å². The Kier molecular flexibility index (Phi) is 3.53. The molecule has 0 saturated heterocycles. The van der Waals surface area contributed by atoms with Crippen molar-refractivity contribution in [3.05, 3.63) is 59.7 Å². The lowest BCUT2D eigenvalue weighted by Gasteiger charge is -2.06. The molecule has 0 saturated carbocycles. The van der Waals surface area contributed by atoms with Gasteiger partial charge in [0, 0.05) is 11.3 Å². The molecule has 100 valence electrons. The highest BCUT2D eigenvalue weighted by atomic mass is 32.2. The molecule has 0 bridgehead atoms. The molecule has 0 aliphatic rings. The molecule has 0 heterocycles. The summed E-state index contributed by atoms with van der Waals surface area (Å²) in [6.45, 7) is 0. The minimum absolute atomic E-state index is 0.0174. The summed E-state index contributed by atoms with van der Waals surface area (Å²) in [4.78, 5) is -0.0174. The molecule has 0 aromatic heterocycles. The van der Waals surface area contributed by atoms with E-state index in [9.17, 15) is 17.2 Å². The summed E-state index contributed by atoms with van der Waals surface area (Å²) in [7, 11) is -3.76. The van der Waals surface area contributed by atoms with Crippen LogP contribution in [0.15, 0.2) is 47.4 Å². The van der Waals surface area contributed by atoms with Crippen LogP contribution in [0.5, 0.6) is 0 Å². The molecule has 0 atom stereocenters. The van der Waals surface area contributed by atoms with Gasteiger partial charge in [0.1, 0.15) is 11.6 Å². The van der Waals surface area contributed by atoms with Crippen LogP contribution in [-0.2, 0) is 15.6 Å². The van der Waals surface area contributed by atoms with Gasteiger partial charge in [-0.1, -0.05) is 6.07 Å². The van der Waals surface area contributed by atoms with Crippen LogP contribution in [-0.4, -0.2) is 8.42 Å². The van der Waals surface area contributed by atoms with Crippen molar-refractivity contribution in [3.8, 4) is 0 Å². The van der Waals surface area contributed by atoms with Crippen LogP contribution in [0.1, 0.15) is 5.56 Å². The lowest BCUT2D eigenvalue weighted by molar-refractivity contribution is 0.578. The monoisotopic (exact) mass is 283 g/mol. The molecule has 0 fully saturated rings. The van der Waals surface area contributed by atoms with E-state index in [-0.39, 0.29) is 10.5 Å². The lowest BCUT2D eigenvalue weighted by atomic mass is 10.2. The average Bonchev–Trinajstić information content (AvgIpc) is 2.33. The molecule has 2 aromatic carbocycles. The second-order valence-corrected chi connectivity index (χ2v) is 6.06. The Morgan fingerprint density at radius 1 is 1.05 bits per heavy atom. The van der Waals surface area contributed by atoms with Crippen molar-refractivity contribution >= 4 is 15.5 Å². The van der Waals surface area contributed by atoms with Gasteiger partial charge in [0.05, 0.1) is 10.6 Å². The molecule has 2 N–H and O–H groups in total. The predicted molar refractivity (Wildman–Crippen MR) is 68.1 cm³/mol. The fourth-order valence-electron chi connectivity index (χ4n) is 1.65. The molecule has 2 aromatic rings. The number of sulfone groups is 1. The Balaban J connectivity index is 2.39. The van der Waals surface area contributed by atoms with Crippen molar-refractivity contribution in [2.75, 3.05) is 5.73 Å². The van der Waals surface area contributed by atoms with E-state index in [1.165, 1.54) is 18.2 Å². The fourth-order valence-corrected chi connectivity index (χ4v) is 3.05. The topological polar surface area (TPSA) is 60.2 Å². The van der Waals surface area contributed by atoms with Crippen LogP contribution in [0, 0.1) is 11.6 Å². The minimum Gasteiger partial charge on any atom is -0.399 e. The number of benzene rings is 2. The van der Waals surface area contributed by atoms with Gasteiger partial charge in [-0.25, -0.2) is 17.2 Å². The van der Waals surface area contributed by atoms with Crippen molar-refractivity contribution < 1.29 is 17.2 Å². The van der Waals surface area contributed by atoms with Gasteiger partial charge >= 0.3 is 0 Å². The minimum atomic E-state index is -3.76. The third kappa shape index (κ3) is 3.08. The molecule has 2 rings (SSSR count). The molecular weight excluding hydrogens is 272 g/mol. The SMILES string of the molecule is Nc1cccc(S(=O)(=O)Cc2cc(F)ccc2F)c1. The van der Waals surface area contributed by atoms with Gasteiger partial charge in [-0.3, -0.25) is 0 Å².